The molecular weight excluding hydrogens is 408 g/mol. The number of nitrogens with zero attached hydrogens (tertiary/aromatic N) is 5. The summed E-state index contributed by atoms with van der Waals surface area (Å²) in [6, 6.07) is 3.37. The number of amides is 1. The second-order valence-electron chi connectivity index (χ2n) is 7.80. The van der Waals surface area contributed by atoms with Gasteiger partial charge in [-0.2, -0.15) is 5.10 Å². The van der Waals surface area contributed by atoms with Crippen molar-refractivity contribution in [2.75, 3.05) is 13.1 Å². The van der Waals surface area contributed by atoms with Crippen molar-refractivity contribution < 1.29 is 13.2 Å². The molecule has 0 spiro atoms. The van der Waals surface area contributed by atoms with Crippen molar-refractivity contribution in [3.05, 3.63) is 46.1 Å². The number of H-pyrrole nitrogens is 1. The Morgan fingerprint density at radius 1 is 1.27 bits per heavy atom. The van der Waals surface area contributed by atoms with Gasteiger partial charge in [0.1, 0.15) is 5.52 Å². The summed E-state index contributed by atoms with van der Waals surface area (Å²) in [7, 11) is -3.17. The first-order valence-corrected chi connectivity index (χ1v) is 11.5. The van der Waals surface area contributed by atoms with Crippen LogP contribution in [0.4, 0.5) is 0 Å². The van der Waals surface area contributed by atoms with E-state index < -0.39 is 20.3 Å². The Balaban J connectivity index is 1.55. The molecular formula is C19H24N6O4S. The molecule has 4 rings (SSSR count). The molecule has 0 bridgehead atoms. The van der Waals surface area contributed by atoms with Crippen LogP contribution in [0, 0.1) is 6.92 Å². The SMILES string of the molecule is Cc1c(C(=O)N2CCC(S(=O)(=O)C(C)C)CC2)cnn1-c1nn2cccc2c(=O)[nH]1. The number of carbonyl (C=O) groups excluding carboxylic acids is 1. The van der Waals surface area contributed by atoms with Gasteiger partial charge in [0.05, 0.1) is 28.0 Å². The molecule has 3 aromatic rings. The molecule has 1 N–H and O–H groups in total. The standard InChI is InChI=1S/C19H24N6O4S/c1-12(2)30(28,29)14-6-9-23(10-7-14)18(27)15-11-20-25(13(15)3)19-21-17(26)16-5-4-8-24(16)22-19/h4-5,8,11-12,14H,6-7,9-10H2,1-3H3,(H,21,22,26). The van der Waals surface area contributed by atoms with Gasteiger partial charge < -0.3 is 4.90 Å². The normalized spacial score (nSPS) is 15.9. The van der Waals surface area contributed by atoms with Crippen molar-refractivity contribution in [1.82, 2.24) is 29.3 Å². The van der Waals surface area contributed by atoms with Gasteiger partial charge in [-0.15, -0.1) is 5.10 Å². The predicted molar refractivity (Wildman–Crippen MR) is 111 cm³/mol. The van der Waals surface area contributed by atoms with Crippen molar-refractivity contribution in [3.63, 3.8) is 0 Å². The van der Waals surface area contributed by atoms with Gasteiger partial charge >= 0.3 is 0 Å². The summed E-state index contributed by atoms with van der Waals surface area (Å²) in [5.41, 5.74) is 1.06. The van der Waals surface area contributed by atoms with Gasteiger partial charge in [-0.3, -0.25) is 14.6 Å². The first kappa shape index (κ1) is 20.3. The van der Waals surface area contributed by atoms with Crippen LogP contribution in [0.1, 0.15) is 42.7 Å². The Morgan fingerprint density at radius 3 is 2.63 bits per heavy atom. The molecule has 10 nitrogen and oxygen atoms in total. The predicted octanol–water partition coefficient (Wildman–Crippen LogP) is 0.945. The monoisotopic (exact) mass is 432 g/mol. The zero-order valence-corrected chi connectivity index (χ0v) is 17.9. The molecule has 0 aromatic carbocycles. The van der Waals surface area contributed by atoms with Crippen LogP contribution in [0.3, 0.4) is 0 Å². The fraction of sp³-hybridized carbons (Fsp3) is 0.474. The Hall–Kier alpha value is -2.95. The number of aromatic nitrogens is 5. The van der Waals surface area contributed by atoms with Gasteiger partial charge in [-0.05, 0) is 45.7 Å². The first-order valence-electron chi connectivity index (χ1n) is 9.85. The number of fused-ring (bicyclic) bond motifs is 1. The second kappa shape index (κ2) is 7.38. The molecule has 4 heterocycles. The molecule has 1 aliphatic heterocycles. The van der Waals surface area contributed by atoms with Crippen LogP contribution in [-0.4, -0.2) is 67.2 Å². The van der Waals surface area contributed by atoms with Crippen molar-refractivity contribution in [3.8, 4) is 5.95 Å². The van der Waals surface area contributed by atoms with Crippen molar-refractivity contribution in [1.29, 1.82) is 0 Å². The molecule has 1 saturated heterocycles. The fourth-order valence-electron chi connectivity index (χ4n) is 3.80. The summed E-state index contributed by atoms with van der Waals surface area (Å²) in [5, 5.41) is 7.75. The molecule has 0 saturated carbocycles. The van der Waals surface area contributed by atoms with Gasteiger partial charge in [0.2, 0.25) is 5.95 Å². The maximum absolute atomic E-state index is 13.0. The highest BCUT2D eigenvalue weighted by molar-refractivity contribution is 7.92. The number of piperidine rings is 1. The van der Waals surface area contributed by atoms with E-state index >= 15 is 0 Å². The van der Waals surface area contributed by atoms with Crippen LogP contribution < -0.4 is 5.56 Å². The van der Waals surface area contributed by atoms with E-state index in [1.54, 1.807) is 44.0 Å². The van der Waals surface area contributed by atoms with Gasteiger partial charge in [0, 0.05) is 19.3 Å². The van der Waals surface area contributed by atoms with Crippen LogP contribution in [0.15, 0.2) is 29.3 Å². The maximum atomic E-state index is 13.0. The van der Waals surface area contributed by atoms with E-state index in [1.807, 2.05) is 0 Å². The largest absolute Gasteiger partial charge is 0.338 e. The topological polar surface area (TPSA) is 122 Å². The van der Waals surface area contributed by atoms with E-state index in [4.69, 9.17) is 0 Å². The van der Waals surface area contributed by atoms with Crippen LogP contribution >= 0.6 is 0 Å². The average Bonchev–Trinajstić information content (AvgIpc) is 3.34. The molecule has 0 aliphatic carbocycles. The lowest BCUT2D eigenvalue weighted by atomic mass is 10.1. The third kappa shape index (κ3) is 3.32. The van der Waals surface area contributed by atoms with Gasteiger partial charge in [0.25, 0.3) is 11.5 Å². The average molecular weight is 433 g/mol. The lowest BCUT2D eigenvalue weighted by Crippen LogP contribution is -2.44. The number of hydrogen-bond acceptors (Lipinski definition) is 6. The third-order valence-corrected chi connectivity index (χ3v) is 8.40. The zero-order chi connectivity index (χ0) is 21.6. The fourth-order valence-corrected chi connectivity index (χ4v) is 5.44. The van der Waals surface area contributed by atoms with E-state index in [0.29, 0.717) is 42.7 Å². The maximum Gasteiger partial charge on any atom is 0.276 e. The Bertz CT molecular complexity index is 1260. The lowest BCUT2D eigenvalue weighted by Gasteiger charge is -2.32. The summed E-state index contributed by atoms with van der Waals surface area (Å²) in [5.74, 6) is 0.00511. The van der Waals surface area contributed by atoms with Gasteiger partial charge in [-0.25, -0.2) is 17.6 Å². The number of rotatable bonds is 4. The number of hydrogen-bond donors (Lipinski definition) is 1. The van der Waals surface area contributed by atoms with Crippen LogP contribution in [0.5, 0.6) is 0 Å². The van der Waals surface area contributed by atoms with E-state index in [9.17, 15) is 18.0 Å². The molecule has 0 atom stereocenters. The van der Waals surface area contributed by atoms with Crippen LogP contribution in [0.2, 0.25) is 0 Å². The van der Waals surface area contributed by atoms with E-state index in [1.165, 1.54) is 15.4 Å². The molecule has 160 valence electrons. The smallest absolute Gasteiger partial charge is 0.276 e. The van der Waals surface area contributed by atoms with E-state index in [2.05, 4.69) is 15.2 Å². The number of carbonyl (C=O) groups is 1. The molecule has 3 aromatic heterocycles. The highest BCUT2D eigenvalue weighted by Crippen LogP contribution is 2.23. The summed E-state index contributed by atoms with van der Waals surface area (Å²) in [6.07, 6.45) is 3.97. The summed E-state index contributed by atoms with van der Waals surface area (Å²) in [6.45, 7) is 5.87. The number of sulfone groups is 1. The summed E-state index contributed by atoms with van der Waals surface area (Å²) < 4.78 is 27.7. The molecule has 0 radical (unpaired) electrons. The summed E-state index contributed by atoms with van der Waals surface area (Å²) >= 11 is 0. The number of nitrogens with one attached hydrogen (secondary N) is 1. The summed E-state index contributed by atoms with van der Waals surface area (Å²) in [4.78, 5) is 29.6. The number of aromatic amines is 1. The highest BCUT2D eigenvalue weighted by Gasteiger charge is 2.34. The Morgan fingerprint density at radius 2 is 1.97 bits per heavy atom. The van der Waals surface area contributed by atoms with Crippen LogP contribution in [-0.2, 0) is 9.84 Å². The van der Waals surface area contributed by atoms with Crippen LogP contribution in [0.25, 0.3) is 11.5 Å². The minimum atomic E-state index is -3.17. The molecule has 1 amide bonds. The lowest BCUT2D eigenvalue weighted by molar-refractivity contribution is 0.0725. The van der Waals surface area contributed by atoms with Crippen molar-refractivity contribution >= 4 is 21.3 Å². The third-order valence-electron chi connectivity index (χ3n) is 5.68. The Kier molecular flexibility index (Phi) is 5.00. The molecule has 1 aliphatic rings. The van der Waals surface area contributed by atoms with Gasteiger partial charge in [-0.1, -0.05) is 0 Å². The Labute approximate surface area is 173 Å². The van der Waals surface area contributed by atoms with E-state index in [-0.39, 0.29) is 17.4 Å². The van der Waals surface area contributed by atoms with Crippen molar-refractivity contribution in [2.45, 2.75) is 44.1 Å². The zero-order valence-electron chi connectivity index (χ0n) is 17.1. The van der Waals surface area contributed by atoms with Gasteiger partial charge in [0.15, 0.2) is 9.84 Å². The minimum Gasteiger partial charge on any atom is -0.338 e. The molecule has 30 heavy (non-hydrogen) atoms. The van der Waals surface area contributed by atoms with E-state index in [0.717, 1.165) is 0 Å². The molecule has 0 unspecified atom stereocenters. The quantitative estimate of drug-likeness (QED) is 0.655. The van der Waals surface area contributed by atoms with Crippen molar-refractivity contribution in [2.24, 2.45) is 0 Å². The first-order chi connectivity index (χ1) is 14.2. The molecule has 1 fully saturated rings. The molecule has 11 heteroatoms. The highest BCUT2D eigenvalue weighted by atomic mass is 32.2. The second-order valence-corrected chi connectivity index (χ2v) is 10.6. The minimum absolute atomic E-state index is 0.205. The number of likely N-dealkylation sites (tertiary alicyclic amines) is 1.